The molecule has 5 nitrogen and oxygen atoms in total. The van der Waals surface area contributed by atoms with E-state index in [0.717, 1.165) is 38.1 Å². The van der Waals surface area contributed by atoms with E-state index in [1.54, 1.807) is 6.07 Å². The van der Waals surface area contributed by atoms with Crippen LogP contribution >= 0.6 is 0 Å². The molecular weight excluding hydrogens is 240 g/mol. The molecule has 2 rings (SSSR count). The van der Waals surface area contributed by atoms with Gasteiger partial charge in [-0.2, -0.15) is 0 Å². The van der Waals surface area contributed by atoms with Crippen molar-refractivity contribution in [2.24, 2.45) is 0 Å². The molecule has 1 aromatic rings. The van der Waals surface area contributed by atoms with Crippen LogP contribution in [0.3, 0.4) is 0 Å². The van der Waals surface area contributed by atoms with Crippen LogP contribution < -0.4 is 16.8 Å². The number of nitrogen functional groups attached to an aromatic ring is 2. The van der Waals surface area contributed by atoms with Gasteiger partial charge in [0, 0.05) is 12.6 Å². The maximum atomic E-state index is 5.97. The lowest BCUT2D eigenvalue weighted by Gasteiger charge is -2.40. The molecule has 2 heterocycles. The van der Waals surface area contributed by atoms with Gasteiger partial charge in [0.05, 0.1) is 11.3 Å². The summed E-state index contributed by atoms with van der Waals surface area (Å²) in [5.74, 6) is 1.18. The Kier molecular flexibility index (Phi) is 4.14. The van der Waals surface area contributed by atoms with E-state index in [-0.39, 0.29) is 5.60 Å². The molecule has 1 aromatic heterocycles. The van der Waals surface area contributed by atoms with Crippen LogP contribution in [0.2, 0.25) is 0 Å². The van der Waals surface area contributed by atoms with Crippen LogP contribution in [-0.4, -0.2) is 23.2 Å². The van der Waals surface area contributed by atoms with Crippen molar-refractivity contribution in [2.45, 2.75) is 51.2 Å². The summed E-state index contributed by atoms with van der Waals surface area (Å²) < 4.78 is 5.97. The first-order valence-corrected chi connectivity index (χ1v) is 7.01. The highest BCUT2D eigenvalue weighted by Gasteiger charge is 2.34. The summed E-state index contributed by atoms with van der Waals surface area (Å²) in [6, 6.07) is 4.04. The molecular formula is C14H24N4O. The summed E-state index contributed by atoms with van der Waals surface area (Å²) >= 11 is 0. The molecule has 0 saturated carbocycles. The second-order valence-electron chi connectivity index (χ2n) is 5.24. The topological polar surface area (TPSA) is 86.2 Å². The van der Waals surface area contributed by atoms with E-state index < -0.39 is 0 Å². The quantitative estimate of drug-likeness (QED) is 0.777. The molecule has 0 aliphatic carbocycles. The third kappa shape index (κ3) is 3.10. The molecule has 1 aliphatic heterocycles. The third-order valence-corrected chi connectivity index (χ3v) is 4.09. The molecule has 1 saturated heterocycles. The Morgan fingerprint density at radius 1 is 1.37 bits per heavy atom. The Morgan fingerprint density at radius 3 is 2.74 bits per heavy atom. The van der Waals surface area contributed by atoms with Gasteiger partial charge in [-0.15, -0.1) is 0 Å². The Hall–Kier alpha value is -1.49. The summed E-state index contributed by atoms with van der Waals surface area (Å²) in [4.78, 5) is 4.27. The van der Waals surface area contributed by atoms with Gasteiger partial charge in [0.25, 0.3) is 0 Å². The van der Waals surface area contributed by atoms with E-state index in [1.807, 2.05) is 6.07 Å². The second-order valence-corrected chi connectivity index (χ2v) is 5.24. The van der Waals surface area contributed by atoms with Gasteiger partial charge in [-0.25, -0.2) is 4.98 Å². The van der Waals surface area contributed by atoms with Crippen molar-refractivity contribution in [3.63, 3.8) is 0 Å². The molecule has 0 bridgehead atoms. The molecule has 1 unspecified atom stereocenters. The molecule has 0 amide bonds. The van der Waals surface area contributed by atoms with Crippen molar-refractivity contribution in [1.82, 2.24) is 4.98 Å². The molecule has 1 atom stereocenters. The highest BCUT2D eigenvalue weighted by molar-refractivity contribution is 5.61. The lowest BCUT2D eigenvalue weighted by Crippen LogP contribution is -2.43. The number of ether oxygens (including phenoxy) is 1. The Bertz CT molecular complexity index is 431. The van der Waals surface area contributed by atoms with Crippen molar-refractivity contribution in [1.29, 1.82) is 0 Å². The molecule has 0 aromatic carbocycles. The van der Waals surface area contributed by atoms with E-state index in [2.05, 4.69) is 24.1 Å². The van der Waals surface area contributed by atoms with Gasteiger partial charge in [0.15, 0.2) is 0 Å². The van der Waals surface area contributed by atoms with Gasteiger partial charge >= 0.3 is 0 Å². The predicted octanol–water partition coefficient (Wildman–Crippen LogP) is 2.40. The van der Waals surface area contributed by atoms with E-state index in [9.17, 15) is 0 Å². The van der Waals surface area contributed by atoms with Crippen LogP contribution in [0.4, 0.5) is 17.3 Å². The molecule has 1 aliphatic rings. The summed E-state index contributed by atoms with van der Waals surface area (Å²) in [6.45, 7) is 5.17. The predicted molar refractivity (Wildman–Crippen MR) is 79.0 cm³/mol. The lowest BCUT2D eigenvalue weighted by molar-refractivity contribution is -0.0864. The van der Waals surface area contributed by atoms with Gasteiger partial charge < -0.3 is 21.5 Å². The molecule has 106 valence electrons. The van der Waals surface area contributed by atoms with Crippen LogP contribution in [0.25, 0.3) is 0 Å². The first kappa shape index (κ1) is 13.9. The summed E-state index contributed by atoms with van der Waals surface area (Å²) in [6.07, 6.45) is 4.08. The number of pyridine rings is 1. The van der Waals surface area contributed by atoms with Crippen molar-refractivity contribution in [3.05, 3.63) is 12.1 Å². The summed E-state index contributed by atoms with van der Waals surface area (Å²) in [5.41, 5.74) is 11.9. The Balaban J connectivity index is 2.04. The van der Waals surface area contributed by atoms with Gasteiger partial charge in [-0.05, 0) is 37.8 Å². The third-order valence-electron chi connectivity index (χ3n) is 4.09. The zero-order valence-electron chi connectivity index (χ0n) is 11.8. The minimum Gasteiger partial charge on any atom is -0.396 e. The average Bonchev–Trinajstić information content (AvgIpc) is 2.43. The lowest BCUT2D eigenvalue weighted by atomic mass is 9.86. The average molecular weight is 264 g/mol. The number of hydrogen-bond donors (Lipinski definition) is 3. The fourth-order valence-corrected chi connectivity index (χ4v) is 2.67. The highest BCUT2D eigenvalue weighted by atomic mass is 16.5. The van der Waals surface area contributed by atoms with Gasteiger partial charge in [0.2, 0.25) is 0 Å². The number of nitrogens with two attached hydrogens (primary N) is 2. The molecule has 1 fully saturated rings. The number of nitrogens with zero attached hydrogens (tertiary/aromatic N) is 1. The maximum Gasteiger partial charge on any atom is 0.149 e. The molecule has 19 heavy (non-hydrogen) atoms. The number of anilines is 3. The smallest absolute Gasteiger partial charge is 0.149 e. The van der Waals surface area contributed by atoms with Crippen LogP contribution in [-0.2, 0) is 4.74 Å². The summed E-state index contributed by atoms with van der Waals surface area (Å²) in [5, 5.41) is 3.45. The highest BCUT2D eigenvalue weighted by Crippen LogP contribution is 2.32. The van der Waals surface area contributed by atoms with E-state index in [4.69, 9.17) is 16.2 Å². The van der Waals surface area contributed by atoms with E-state index in [0.29, 0.717) is 17.5 Å². The van der Waals surface area contributed by atoms with Crippen molar-refractivity contribution in [2.75, 3.05) is 23.4 Å². The SMILES string of the molecule is CCC1(CC)CC(Nc2ccc(N)c(N)n2)CCO1. The van der Waals surface area contributed by atoms with Gasteiger partial charge in [-0.3, -0.25) is 0 Å². The van der Waals surface area contributed by atoms with Gasteiger partial charge in [-0.1, -0.05) is 13.8 Å². The first-order chi connectivity index (χ1) is 9.08. The minimum absolute atomic E-state index is 0.00920. The number of hydrogen-bond acceptors (Lipinski definition) is 5. The first-order valence-electron chi connectivity index (χ1n) is 7.01. The van der Waals surface area contributed by atoms with Gasteiger partial charge in [0.1, 0.15) is 11.6 Å². The second kappa shape index (κ2) is 5.65. The maximum absolute atomic E-state index is 5.97. The fourth-order valence-electron chi connectivity index (χ4n) is 2.67. The number of rotatable bonds is 4. The van der Waals surface area contributed by atoms with Crippen LogP contribution in [0.15, 0.2) is 12.1 Å². The van der Waals surface area contributed by atoms with Crippen molar-refractivity contribution in [3.8, 4) is 0 Å². The zero-order chi connectivity index (χ0) is 13.9. The Labute approximate surface area is 114 Å². The minimum atomic E-state index is 0.00920. The van der Waals surface area contributed by atoms with Crippen LogP contribution in [0, 0.1) is 0 Å². The molecule has 5 N–H and O–H groups in total. The van der Waals surface area contributed by atoms with E-state index >= 15 is 0 Å². The molecule has 5 heteroatoms. The number of nitrogens with one attached hydrogen (secondary N) is 1. The van der Waals surface area contributed by atoms with Crippen LogP contribution in [0.1, 0.15) is 39.5 Å². The van der Waals surface area contributed by atoms with Crippen molar-refractivity contribution >= 4 is 17.3 Å². The molecule has 0 radical (unpaired) electrons. The standard InChI is InChI=1S/C14H24N4O/c1-3-14(4-2)9-10(7-8-19-14)17-12-6-5-11(15)13(16)18-12/h5-6,10H,3-4,7-9,15H2,1-2H3,(H3,16,17,18). The largest absolute Gasteiger partial charge is 0.396 e. The zero-order valence-corrected chi connectivity index (χ0v) is 11.8. The number of aromatic nitrogens is 1. The molecule has 0 spiro atoms. The monoisotopic (exact) mass is 264 g/mol. The van der Waals surface area contributed by atoms with Crippen molar-refractivity contribution < 1.29 is 4.74 Å². The normalized spacial score (nSPS) is 22.1. The summed E-state index contributed by atoms with van der Waals surface area (Å²) in [7, 11) is 0. The fraction of sp³-hybridized carbons (Fsp3) is 0.643. The Morgan fingerprint density at radius 2 is 2.11 bits per heavy atom. The van der Waals surface area contributed by atoms with E-state index in [1.165, 1.54) is 0 Å². The van der Waals surface area contributed by atoms with Crippen LogP contribution in [0.5, 0.6) is 0 Å².